The van der Waals surface area contributed by atoms with E-state index in [4.69, 9.17) is 0 Å². The van der Waals surface area contributed by atoms with Crippen LogP contribution in [0.3, 0.4) is 0 Å². The van der Waals surface area contributed by atoms with Crippen molar-refractivity contribution in [2.45, 2.75) is 39.8 Å². The molecule has 2 atom stereocenters. The molecule has 0 radical (unpaired) electrons. The molecule has 2 heterocycles. The molecule has 19 heavy (non-hydrogen) atoms. The zero-order valence-electron chi connectivity index (χ0n) is 12.2. The summed E-state index contributed by atoms with van der Waals surface area (Å²) in [5.41, 5.74) is 2.52. The molecule has 1 aromatic heterocycles. The maximum Gasteiger partial charge on any atom is 0.257 e. The van der Waals surface area contributed by atoms with Crippen molar-refractivity contribution in [3.8, 4) is 0 Å². The highest BCUT2D eigenvalue weighted by molar-refractivity contribution is 5.96. The van der Waals surface area contributed by atoms with Crippen molar-refractivity contribution in [1.82, 2.24) is 20.0 Å². The fourth-order valence-electron chi connectivity index (χ4n) is 2.57. The lowest BCUT2D eigenvalue weighted by Crippen LogP contribution is -2.57. The van der Waals surface area contributed by atoms with E-state index in [2.05, 4.69) is 24.3 Å². The van der Waals surface area contributed by atoms with Gasteiger partial charge in [0.1, 0.15) is 0 Å². The van der Waals surface area contributed by atoms with E-state index in [0.29, 0.717) is 6.04 Å². The Morgan fingerprint density at radius 3 is 2.53 bits per heavy atom. The smallest absolute Gasteiger partial charge is 0.257 e. The topological polar surface area (TPSA) is 50.2 Å². The molecule has 2 rings (SSSR count). The first-order valence-electron chi connectivity index (χ1n) is 6.48. The number of nitrogens with zero attached hydrogens (tertiary/aromatic N) is 3. The molecule has 1 saturated heterocycles. The Balaban J connectivity index is 0.00000180. The summed E-state index contributed by atoms with van der Waals surface area (Å²) in [5.74, 6) is 0.110. The molecular formula is C13H23ClN4O. The summed E-state index contributed by atoms with van der Waals surface area (Å²) in [6, 6.07) is 0.547. The lowest BCUT2D eigenvalue weighted by molar-refractivity contribution is 0.0601. The monoisotopic (exact) mass is 286 g/mol. The molecule has 0 spiro atoms. The van der Waals surface area contributed by atoms with E-state index in [-0.39, 0.29) is 24.4 Å². The number of amides is 1. The molecule has 1 fully saturated rings. The first kappa shape index (κ1) is 16.0. The van der Waals surface area contributed by atoms with Crippen LogP contribution < -0.4 is 5.32 Å². The van der Waals surface area contributed by atoms with Crippen LogP contribution in [0.1, 0.15) is 35.6 Å². The van der Waals surface area contributed by atoms with E-state index in [1.165, 1.54) is 0 Å². The third-order valence-electron chi connectivity index (χ3n) is 4.02. The first-order valence-corrected chi connectivity index (χ1v) is 6.48. The maximum absolute atomic E-state index is 12.7. The molecule has 0 aromatic carbocycles. The molecule has 6 heteroatoms. The minimum Gasteiger partial charge on any atom is -0.333 e. The molecule has 1 amide bonds. The number of hydrogen-bond donors (Lipinski definition) is 1. The predicted molar refractivity (Wildman–Crippen MR) is 77.9 cm³/mol. The SMILES string of the molecule is Cc1nn(C)c(C)c1C(=O)N1CCNC(C)C1C.Cl. The summed E-state index contributed by atoms with van der Waals surface area (Å²) in [7, 11) is 1.88. The van der Waals surface area contributed by atoms with Crippen LogP contribution in [0.2, 0.25) is 0 Å². The van der Waals surface area contributed by atoms with Gasteiger partial charge in [-0.2, -0.15) is 5.10 Å². The van der Waals surface area contributed by atoms with Crippen molar-refractivity contribution in [3.05, 3.63) is 17.0 Å². The zero-order chi connectivity index (χ0) is 13.4. The van der Waals surface area contributed by atoms with E-state index in [1.54, 1.807) is 4.68 Å². The van der Waals surface area contributed by atoms with Gasteiger partial charge in [-0.3, -0.25) is 9.48 Å². The van der Waals surface area contributed by atoms with Gasteiger partial charge in [-0.15, -0.1) is 12.4 Å². The maximum atomic E-state index is 12.7. The number of hydrogen-bond acceptors (Lipinski definition) is 3. The second-order valence-corrected chi connectivity index (χ2v) is 5.15. The number of aryl methyl sites for hydroxylation is 2. The van der Waals surface area contributed by atoms with Crippen LogP contribution in [-0.4, -0.2) is 45.8 Å². The quantitative estimate of drug-likeness (QED) is 0.846. The molecule has 0 saturated carbocycles. The summed E-state index contributed by atoms with van der Waals surface area (Å²) >= 11 is 0. The number of nitrogens with one attached hydrogen (secondary N) is 1. The molecule has 108 valence electrons. The number of carbonyl (C=O) groups excluding carboxylic acids is 1. The van der Waals surface area contributed by atoms with Crippen molar-refractivity contribution in [2.24, 2.45) is 7.05 Å². The van der Waals surface area contributed by atoms with E-state index in [1.807, 2.05) is 25.8 Å². The van der Waals surface area contributed by atoms with Crippen LogP contribution in [0.4, 0.5) is 0 Å². The van der Waals surface area contributed by atoms with Crippen LogP contribution in [0, 0.1) is 13.8 Å². The molecule has 0 bridgehead atoms. The summed E-state index contributed by atoms with van der Waals surface area (Å²) in [6.45, 7) is 9.68. The largest absolute Gasteiger partial charge is 0.333 e. The van der Waals surface area contributed by atoms with E-state index < -0.39 is 0 Å². The second kappa shape index (κ2) is 5.92. The lowest BCUT2D eigenvalue weighted by Gasteiger charge is -2.38. The molecule has 1 aromatic rings. The average molecular weight is 287 g/mol. The summed E-state index contributed by atoms with van der Waals surface area (Å²) in [4.78, 5) is 14.6. The fourth-order valence-corrected chi connectivity index (χ4v) is 2.57. The Kier molecular flexibility index (Phi) is 4.98. The van der Waals surface area contributed by atoms with Gasteiger partial charge in [-0.05, 0) is 27.7 Å². The van der Waals surface area contributed by atoms with Gasteiger partial charge in [0.2, 0.25) is 0 Å². The molecule has 2 unspecified atom stereocenters. The van der Waals surface area contributed by atoms with Crippen LogP contribution in [0.25, 0.3) is 0 Å². The van der Waals surface area contributed by atoms with Gasteiger partial charge in [0.15, 0.2) is 0 Å². The zero-order valence-corrected chi connectivity index (χ0v) is 13.0. The molecule has 0 aliphatic carbocycles. The minimum atomic E-state index is 0. The third kappa shape index (κ3) is 2.77. The molecule has 1 aliphatic heterocycles. The van der Waals surface area contributed by atoms with Crippen molar-refractivity contribution >= 4 is 18.3 Å². The minimum absolute atomic E-state index is 0. The normalized spacial score (nSPS) is 23.1. The number of halogens is 1. The van der Waals surface area contributed by atoms with Crippen LogP contribution >= 0.6 is 12.4 Å². The Hall–Kier alpha value is -1.07. The van der Waals surface area contributed by atoms with Gasteiger partial charge in [0.25, 0.3) is 5.91 Å². The molecule has 5 nitrogen and oxygen atoms in total. The number of carbonyl (C=O) groups is 1. The Bertz CT molecular complexity index is 471. The second-order valence-electron chi connectivity index (χ2n) is 5.15. The standard InChI is InChI=1S/C13H22N4O.ClH/c1-8-10(3)17(7-6-14-8)13(18)12-9(2)15-16(5)11(12)4;/h8,10,14H,6-7H2,1-5H3;1H. The van der Waals surface area contributed by atoms with Gasteiger partial charge in [0.05, 0.1) is 11.3 Å². The lowest BCUT2D eigenvalue weighted by atomic mass is 10.0. The van der Waals surface area contributed by atoms with Gasteiger partial charge in [-0.25, -0.2) is 0 Å². The summed E-state index contributed by atoms with van der Waals surface area (Å²) in [5, 5.41) is 7.71. The fraction of sp³-hybridized carbons (Fsp3) is 0.692. The summed E-state index contributed by atoms with van der Waals surface area (Å²) in [6.07, 6.45) is 0. The van der Waals surface area contributed by atoms with Crippen molar-refractivity contribution < 1.29 is 4.79 Å². The molecule has 1 N–H and O–H groups in total. The molecule has 1 aliphatic rings. The van der Waals surface area contributed by atoms with Crippen LogP contribution in [0.5, 0.6) is 0 Å². The van der Waals surface area contributed by atoms with E-state index in [9.17, 15) is 4.79 Å². The van der Waals surface area contributed by atoms with Crippen LogP contribution in [-0.2, 0) is 7.05 Å². The predicted octanol–water partition coefficient (Wildman–Crippen LogP) is 1.28. The van der Waals surface area contributed by atoms with E-state index in [0.717, 1.165) is 30.0 Å². The summed E-state index contributed by atoms with van der Waals surface area (Å²) < 4.78 is 1.78. The number of rotatable bonds is 1. The van der Waals surface area contributed by atoms with E-state index >= 15 is 0 Å². The Morgan fingerprint density at radius 1 is 1.37 bits per heavy atom. The van der Waals surface area contributed by atoms with Crippen LogP contribution in [0.15, 0.2) is 0 Å². The van der Waals surface area contributed by atoms with Crippen molar-refractivity contribution in [3.63, 3.8) is 0 Å². The van der Waals surface area contributed by atoms with Gasteiger partial charge in [-0.1, -0.05) is 0 Å². The Labute approximate surface area is 120 Å². The number of aromatic nitrogens is 2. The third-order valence-corrected chi connectivity index (χ3v) is 4.02. The van der Waals surface area contributed by atoms with Gasteiger partial charge >= 0.3 is 0 Å². The van der Waals surface area contributed by atoms with Crippen molar-refractivity contribution in [2.75, 3.05) is 13.1 Å². The van der Waals surface area contributed by atoms with Gasteiger partial charge in [0, 0.05) is 37.9 Å². The highest BCUT2D eigenvalue weighted by atomic mass is 35.5. The first-order chi connectivity index (χ1) is 8.43. The van der Waals surface area contributed by atoms with Gasteiger partial charge < -0.3 is 10.2 Å². The number of piperazine rings is 1. The Morgan fingerprint density at radius 2 is 2.00 bits per heavy atom. The van der Waals surface area contributed by atoms with Crippen molar-refractivity contribution in [1.29, 1.82) is 0 Å². The average Bonchev–Trinajstić information content (AvgIpc) is 2.56. The highest BCUT2D eigenvalue weighted by Crippen LogP contribution is 2.18. The highest BCUT2D eigenvalue weighted by Gasteiger charge is 2.31. The molecular weight excluding hydrogens is 264 g/mol.